The van der Waals surface area contributed by atoms with Gasteiger partial charge in [0.25, 0.3) is 0 Å². The molecule has 1 aliphatic carbocycles. The van der Waals surface area contributed by atoms with Crippen molar-refractivity contribution in [1.82, 2.24) is 25.5 Å². The van der Waals surface area contributed by atoms with Crippen LogP contribution in [0.4, 0.5) is 19.0 Å². The lowest BCUT2D eigenvalue weighted by molar-refractivity contribution is 0.0450. The summed E-state index contributed by atoms with van der Waals surface area (Å²) in [6, 6.07) is 8.09. The SMILES string of the molecule is C#Cc1c(F)ccc2cc(O)cc(-c3c(F)cc4c(N5CC6CCC(C5)N6)nc(OCC5(CN6C[C@@H]7CC[C@H]6CN7)CC5)nc4c3F)c12. The number of phenols is 1. The molecule has 0 spiro atoms. The van der Waals surface area contributed by atoms with E-state index in [4.69, 9.17) is 16.1 Å². The van der Waals surface area contributed by atoms with Gasteiger partial charge >= 0.3 is 6.01 Å². The lowest BCUT2D eigenvalue weighted by Gasteiger charge is -2.47. The molecule has 0 amide bonds. The lowest BCUT2D eigenvalue weighted by atomic mass is 9.91. The lowest BCUT2D eigenvalue weighted by Crippen LogP contribution is -2.62. The van der Waals surface area contributed by atoms with Crippen LogP contribution >= 0.6 is 0 Å². The van der Waals surface area contributed by atoms with Crippen molar-refractivity contribution in [3.8, 4) is 35.2 Å². The van der Waals surface area contributed by atoms with E-state index in [0.29, 0.717) is 43.0 Å². The topological polar surface area (TPSA) is 85.8 Å². The van der Waals surface area contributed by atoms with Crippen molar-refractivity contribution >= 4 is 27.5 Å². The minimum absolute atomic E-state index is 0.00715. The Balaban J connectivity index is 1.14. The summed E-state index contributed by atoms with van der Waals surface area (Å²) in [7, 11) is 0. The third kappa shape index (κ3) is 5.04. The summed E-state index contributed by atoms with van der Waals surface area (Å²) in [5, 5.41) is 18.5. The zero-order valence-corrected chi connectivity index (χ0v) is 26.5. The molecule has 4 atom stereocenters. The first kappa shape index (κ1) is 30.0. The molecule has 10 rings (SSSR count). The highest BCUT2D eigenvalue weighted by Crippen LogP contribution is 2.48. The van der Waals surface area contributed by atoms with Gasteiger partial charge in [-0.05, 0) is 68.2 Å². The van der Waals surface area contributed by atoms with Crippen LogP contribution in [-0.4, -0.2) is 83.5 Å². The van der Waals surface area contributed by atoms with Crippen molar-refractivity contribution in [3.05, 3.63) is 53.3 Å². The molecule has 1 saturated carbocycles. The van der Waals surface area contributed by atoms with Crippen LogP contribution in [-0.2, 0) is 0 Å². The fraction of sp³-hybridized carbons (Fsp3) is 0.459. The monoisotopic (exact) mass is 654 g/mol. The molecule has 6 fully saturated rings. The van der Waals surface area contributed by atoms with Crippen LogP contribution in [0.15, 0.2) is 30.3 Å². The Morgan fingerprint density at radius 2 is 1.77 bits per heavy atom. The van der Waals surface area contributed by atoms with Crippen LogP contribution in [0.3, 0.4) is 0 Å². The molecule has 5 aliphatic heterocycles. The summed E-state index contributed by atoms with van der Waals surface area (Å²) in [5.74, 6) is -0.0182. The molecular weight excluding hydrogens is 617 g/mol. The number of nitrogens with zero attached hydrogens (tertiary/aromatic N) is 4. The summed E-state index contributed by atoms with van der Waals surface area (Å²) in [6.07, 6.45) is 12.2. The normalized spacial score (nSPS) is 25.9. The van der Waals surface area contributed by atoms with Crippen molar-refractivity contribution in [3.63, 3.8) is 0 Å². The Labute approximate surface area is 276 Å². The number of hydrogen-bond acceptors (Lipinski definition) is 8. The molecule has 248 valence electrons. The molecule has 6 aliphatic rings. The van der Waals surface area contributed by atoms with E-state index in [1.54, 1.807) is 0 Å². The first-order valence-electron chi connectivity index (χ1n) is 17.0. The van der Waals surface area contributed by atoms with Gasteiger partial charge in [-0.3, -0.25) is 4.90 Å². The third-order valence-corrected chi connectivity index (χ3v) is 11.3. The highest BCUT2D eigenvalue weighted by molar-refractivity contribution is 6.04. The van der Waals surface area contributed by atoms with Crippen molar-refractivity contribution in [1.29, 1.82) is 0 Å². The summed E-state index contributed by atoms with van der Waals surface area (Å²) in [6.45, 7) is 4.70. The molecule has 1 aromatic heterocycles. The number of phenolic OH excluding ortho intramolecular Hbond substituents is 1. The second-order valence-electron chi connectivity index (χ2n) is 14.5. The molecule has 4 bridgehead atoms. The van der Waals surface area contributed by atoms with Gasteiger partial charge in [-0.15, -0.1) is 6.42 Å². The van der Waals surface area contributed by atoms with Gasteiger partial charge in [0.2, 0.25) is 0 Å². The number of nitrogens with one attached hydrogen (secondary N) is 2. The average molecular weight is 655 g/mol. The number of fused-ring (bicyclic) bond motifs is 7. The van der Waals surface area contributed by atoms with Crippen LogP contribution in [0.2, 0.25) is 0 Å². The molecule has 8 nitrogen and oxygen atoms in total. The van der Waals surface area contributed by atoms with E-state index in [9.17, 15) is 9.50 Å². The summed E-state index contributed by atoms with van der Waals surface area (Å²) >= 11 is 0. The maximum atomic E-state index is 16.9. The summed E-state index contributed by atoms with van der Waals surface area (Å²) < 4.78 is 54.4. The standard InChI is InChI=1S/C37H37F3N6O2/c1-2-26-29(38)8-3-20-11-25(47)12-27(31(20)26)32-30(39)13-28-34(33(32)40)43-36(44-35(28)45-16-22-4-5-23(17-45)42-22)48-19-37(9-10-37)18-46-15-21-6-7-24(46)14-41-21/h1,3,8,11-13,21-24,41-42,47H,4-7,9-10,14-19H2/t21-,22?,23?,24-/m0/s1. The Bertz CT molecular complexity index is 1990. The van der Waals surface area contributed by atoms with Crippen LogP contribution in [0, 0.1) is 35.2 Å². The van der Waals surface area contributed by atoms with E-state index in [2.05, 4.69) is 31.3 Å². The van der Waals surface area contributed by atoms with E-state index in [-0.39, 0.29) is 56.7 Å². The van der Waals surface area contributed by atoms with E-state index in [1.807, 2.05) is 0 Å². The quantitative estimate of drug-likeness (QED) is 0.238. The molecule has 6 heterocycles. The zero-order chi connectivity index (χ0) is 32.7. The fourth-order valence-electron chi connectivity index (χ4n) is 8.61. The number of benzene rings is 3. The van der Waals surface area contributed by atoms with E-state index < -0.39 is 23.0 Å². The van der Waals surface area contributed by atoms with Crippen molar-refractivity contribution < 1.29 is 23.0 Å². The number of halogens is 3. The van der Waals surface area contributed by atoms with E-state index in [0.717, 1.165) is 45.3 Å². The zero-order valence-electron chi connectivity index (χ0n) is 26.5. The molecule has 11 heteroatoms. The number of anilines is 1. The minimum Gasteiger partial charge on any atom is -0.508 e. The minimum atomic E-state index is -0.950. The molecule has 5 saturated heterocycles. The number of aromatic hydroxyl groups is 1. The Hall–Kier alpha value is -4.11. The van der Waals surface area contributed by atoms with Gasteiger partial charge in [0.15, 0.2) is 5.82 Å². The molecule has 48 heavy (non-hydrogen) atoms. The van der Waals surface area contributed by atoms with Crippen LogP contribution < -0.4 is 20.3 Å². The van der Waals surface area contributed by atoms with E-state index in [1.165, 1.54) is 43.2 Å². The molecule has 3 N–H and O–H groups in total. The highest BCUT2D eigenvalue weighted by atomic mass is 19.1. The number of rotatable bonds is 7. The second-order valence-corrected chi connectivity index (χ2v) is 14.5. The summed E-state index contributed by atoms with van der Waals surface area (Å²) in [4.78, 5) is 14.1. The highest BCUT2D eigenvalue weighted by Gasteiger charge is 2.48. The van der Waals surface area contributed by atoms with Gasteiger partial charge in [-0.2, -0.15) is 9.97 Å². The van der Waals surface area contributed by atoms with Gasteiger partial charge in [0.1, 0.15) is 28.7 Å². The number of ether oxygens (including phenoxy) is 1. The predicted molar refractivity (Wildman–Crippen MR) is 178 cm³/mol. The second kappa shape index (κ2) is 11.2. The Kier molecular flexibility index (Phi) is 7.01. The Morgan fingerprint density at radius 1 is 0.979 bits per heavy atom. The maximum Gasteiger partial charge on any atom is 0.319 e. The van der Waals surface area contributed by atoms with Gasteiger partial charge in [-0.25, -0.2) is 13.2 Å². The largest absolute Gasteiger partial charge is 0.508 e. The fourth-order valence-corrected chi connectivity index (χ4v) is 8.61. The van der Waals surface area contributed by atoms with Crippen molar-refractivity contribution in [2.24, 2.45) is 5.41 Å². The van der Waals surface area contributed by atoms with Gasteiger partial charge in [0.05, 0.1) is 17.7 Å². The number of hydrogen-bond donors (Lipinski definition) is 3. The maximum absolute atomic E-state index is 16.9. The van der Waals surface area contributed by atoms with Gasteiger partial charge in [0, 0.05) is 78.6 Å². The number of piperazine rings is 2. The average Bonchev–Trinajstić information content (AvgIpc) is 3.77. The summed E-state index contributed by atoms with van der Waals surface area (Å²) in [5.41, 5.74) is -0.755. The Morgan fingerprint density at radius 3 is 2.46 bits per heavy atom. The van der Waals surface area contributed by atoms with Crippen LogP contribution in [0.25, 0.3) is 32.8 Å². The van der Waals surface area contributed by atoms with Crippen LogP contribution in [0.1, 0.15) is 44.1 Å². The molecule has 4 aromatic rings. The van der Waals surface area contributed by atoms with Gasteiger partial charge in [-0.1, -0.05) is 12.0 Å². The predicted octanol–water partition coefficient (Wildman–Crippen LogP) is 5.09. The van der Waals surface area contributed by atoms with Crippen molar-refractivity contribution in [2.75, 3.05) is 44.2 Å². The molecule has 3 aromatic carbocycles. The van der Waals surface area contributed by atoms with Gasteiger partial charge < -0.3 is 25.4 Å². The first-order chi connectivity index (χ1) is 23.3. The van der Waals surface area contributed by atoms with Crippen LogP contribution in [0.5, 0.6) is 11.8 Å². The molecular formula is C37H37F3N6O2. The molecule has 2 unspecified atom stereocenters. The van der Waals surface area contributed by atoms with E-state index >= 15 is 8.78 Å². The first-order valence-corrected chi connectivity index (χ1v) is 17.0. The number of aromatic nitrogens is 2. The smallest absolute Gasteiger partial charge is 0.319 e. The third-order valence-electron chi connectivity index (χ3n) is 11.3. The number of terminal acetylenes is 1. The van der Waals surface area contributed by atoms with Crippen molar-refractivity contribution in [2.45, 2.75) is 62.7 Å². The number of piperidine rings is 2. The molecule has 0 radical (unpaired) electrons.